The largest absolute Gasteiger partial charge is 0.355 e. The van der Waals surface area contributed by atoms with E-state index in [4.69, 9.17) is 0 Å². The Hall–Kier alpha value is -1.68. The average Bonchev–Trinajstić information content (AvgIpc) is 2.34. The van der Waals surface area contributed by atoms with Crippen LogP contribution in [0.15, 0.2) is 70.6 Å². The summed E-state index contributed by atoms with van der Waals surface area (Å²) in [5, 5.41) is 2.58. The third-order valence-electron chi connectivity index (χ3n) is 2.54. The van der Waals surface area contributed by atoms with Crippen LogP contribution in [0.25, 0.3) is 0 Å². The first kappa shape index (κ1) is 18.3. The molecule has 0 aromatic heterocycles. The average molecular weight is 340 g/mol. The SMILES string of the molecule is C=C(F)C=CC(=C)C(C)=C(C(=O)NC)C(C)=CC(=C)Br. The molecule has 0 bridgehead atoms. The number of allylic oxidation sites excluding steroid dienone is 7. The van der Waals surface area contributed by atoms with E-state index < -0.39 is 5.83 Å². The van der Waals surface area contributed by atoms with E-state index in [1.807, 2.05) is 0 Å². The fourth-order valence-electron chi connectivity index (χ4n) is 1.55. The monoisotopic (exact) mass is 339 g/mol. The molecule has 1 N–H and O–H groups in total. The van der Waals surface area contributed by atoms with Crippen LogP contribution in [-0.2, 0) is 4.79 Å². The summed E-state index contributed by atoms with van der Waals surface area (Å²) in [6.45, 7) is 14.2. The van der Waals surface area contributed by atoms with E-state index in [1.165, 1.54) is 12.2 Å². The molecule has 0 saturated heterocycles. The third kappa shape index (κ3) is 5.97. The number of rotatable bonds is 6. The maximum atomic E-state index is 12.6. The number of carbonyl (C=O) groups is 1. The van der Waals surface area contributed by atoms with Crippen molar-refractivity contribution in [3.63, 3.8) is 0 Å². The number of carbonyl (C=O) groups excluding carboxylic acids is 1. The van der Waals surface area contributed by atoms with Gasteiger partial charge in [-0.3, -0.25) is 4.79 Å². The van der Waals surface area contributed by atoms with Gasteiger partial charge in [-0.2, -0.15) is 0 Å². The lowest BCUT2D eigenvalue weighted by Crippen LogP contribution is -2.22. The van der Waals surface area contributed by atoms with Gasteiger partial charge in [0.05, 0.1) is 0 Å². The van der Waals surface area contributed by atoms with Gasteiger partial charge in [0, 0.05) is 17.1 Å². The van der Waals surface area contributed by atoms with Gasteiger partial charge in [-0.1, -0.05) is 41.7 Å². The Morgan fingerprint density at radius 2 is 1.75 bits per heavy atom. The highest BCUT2D eigenvalue weighted by molar-refractivity contribution is 9.11. The Bertz CT molecular complexity index is 539. The van der Waals surface area contributed by atoms with E-state index in [1.54, 1.807) is 27.0 Å². The van der Waals surface area contributed by atoms with Crippen LogP contribution in [0.2, 0.25) is 0 Å². The molecule has 0 aromatic carbocycles. The summed E-state index contributed by atoms with van der Waals surface area (Å²) < 4.78 is 13.3. The predicted octanol–water partition coefficient (Wildman–Crippen LogP) is 4.50. The Labute approximate surface area is 128 Å². The highest BCUT2D eigenvalue weighted by Crippen LogP contribution is 2.23. The molecule has 0 fully saturated rings. The smallest absolute Gasteiger partial charge is 0.251 e. The summed E-state index contributed by atoms with van der Waals surface area (Å²) in [4.78, 5) is 12.0. The zero-order chi connectivity index (χ0) is 15.9. The summed E-state index contributed by atoms with van der Waals surface area (Å²) in [7, 11) is 1.55. The van der Waals surface area contributed by atoms with Crippen LogP contribution in [0, 0.1) is 0 Å². The third-order valence-corrected chi connectivity index (χ3v) is 2.77. The molecule has 0 unspecified atom stereocenters. The molecule has 0 aromatic rings. The second-order valence-corrected chi connectivity index (χ2v) is 5.18. The maximum absolute atomic E-state index is 12.6. The topological polar surface area (TPSA) is 29.1 Å². The van der Waals surface area contributed by atoms with Crippen molar-refractivity contribution in [1.29, 1.82) is 0 Å². The second-order valence-electron chi connectivity index (χ2n) is 4.16. The molecule has 0 aliphatic carbocycles. The van der Waals surface area contributed by atoms with Gasteiger partial charge < -0.3 is 5.32 Å². The molecular weight excluding hydrogens is 321 g/mol. The van der Waals surface area contributed by atoms with Crippen molar-refractivity contribution in [2.75, 3.05) is 7.05 Å². The Morgan fingerprint density at radius 3 is 2.15 bits per heavy atom. The molecule has 0 aliphatic heterocycles. The summed E-state index contributed by atoms with van der Waals surface area (Å²) in [5.41, 5.74) is 2.41. The predicted molar refractivity (Wildman–Crippen MR) is 87.1 cm³/mol. The van der Waals surface area contributed by atoms with Crippen LogP contribution in [0.3, 0.4) is 0 Å². The van der Waals surface area contributed by atoms with E-state index in [-0.39, 0.29) is 5.91 Å². The van der Waals surface area contributed by atoms with Crippen LogP contribution in [0.5, 0.6) is 0 Å². The van der Waals surface area contributed by atoms with Gasteiger partial charge in [-0.25, -0.2) is 4.39 Å². The highest BCUT2D eigenvalue weighted by Gasteiger charge is 2.14. The Morgan fingerprint density at radius 1 is 1.20 bits per heavy atom. The number of hydrogen-bond acceptors (Lipinski definition) is 1. The Kier molecular flexibility index (Phi) is 7.77. The number of likely N-dealkylation sites (N-methyl/N-ethyl adjacent to an activating group) is 1. The van der Waals surface area contributed by atoms with E-state index in [0.29, 0.717) is 21.2 Å². The minimum absolute atomic E-state index is 0.237. The van der Waals surface area contributed by atoms with Crippen molar-refractivity contribution in [3.05, 3.63) is 70.6 Å². The van der Waals surface area contributed by atoms with Crippen molar-refractivity contribution < 1.29 is 9.18 Å². The van der Waals surface area contributed by atoms with Gasteiger partial charge >= 0.3 is 0 Å². The van der Waals surface area contributed by atoms with Gasteiger partial charge in [0.2, 0.25) is 0 Å². The van der Waals surface area contributed by atoms with Crippen molar-refractivity contribution in [2.45, 2.75) is 13.8 Å². The molecular formula is C16H19BrFNO. The van der Waals surface area contributed by atoms with E-state index in [0.717, 1.165) is 5.57 Å². The molecule has 0 radical (unpaired) electrons. The lowest BCUT2D eigenvalue weighted by Gasteiger charge is -2.12. The van der Waals surface area contributed by atoms with Crippen molar-refractivity contribution in [1.82, 2.24) is 5.32 Å². The number of amides is 1. The van der Waals surface area contributed by atoms with Crippen LogP contribution >= 0.6 is 15.9 Å². The van der Waals surface area contributed by atoms with Gasteiger partial charge in [0.1, 0.15) is 5.83 Å². The fraction of sp³-hybridized carbons (Fsp3) is 0.188. The van der Waals surface area contributed by atoms with Gasteiger partial charge in [0.15, 0.2) is 0 Å². The molecule has 0 rings (SSSR count). The summed E-state index contributed by atoms with van der Waals surface area (Å²) in [5.74, 6) is -0.805. The number of nitrogens with one attached hydrogen (secondary N) is 1. The number of halogens is 2. The fourth-order valence-corrected chi connectivity index (χ4v) is 1.90. The first-order chi connectivity index (χ1) is 9.20. The summed E-state index contributed by atoms with van der Waals surface area (Å²) >= 11 is 3.23. The summed E-state index contributed by atoms with van der Waals surface area (Å²) in [6, 6.07) is 0. The highest BCUT2D eigenvalue weighted by atomic mass is 79.9. The number of hydrogen-bond donors (Lipinski definition) is 1. The molecule has 0 spiro atoms. The molecule has 20 heavy (non-hydrogen) atoms. The van der Waals surface area contributed by atoms with Gasteiger partial charge in [0.25, 0.3) is 5.91 Å². The van der Waals surface area contributed by atoms with Crippen LogP contribution in [0.4, 0.5) is 4.39 Å². The van der Waals surface area contributed by atoms with Crippen LogP contribution in [-0.4, -0.2) is 13.0 Å². The standard InChI is InChI=1S/C16H19BrFNO/c1-10(7-8-13(4)18)14(5)15(16(20)19-6)11(2)9-12(3)17/h7-9H,1,3-4H2,2,5-6H3,(H,19,20). The van der Waals surface area contributed by atoms with Crippen LogP contribution < -0.4 is 5.32 Å². The zero-order valence-corrected chi connectivity index (χ0v) is 13.6. The first-order valence-electron chi connectivity index (χ1n) is 5.88. The minimum Gasteiger partial charge on any atom is -0.355 e. The molecule has 108 valence electrons. The van der Waals surface area contributed by atoms with Crippen molar-refractivity contribution in [3.8, 4) is 0 Å². The molecule has 0 atom stereocenters. The van der Waals surface area contributed by atoms with Gasteiger partial charge in [-0.15, -0.1) is 0 Å². The molecule has 4 heteroatoms. The molecule has 0 heterocycles. The first-order valence-corrected chi connectivity index (χ1v) is 6.67. The minimum atomic E-state index is -0.568. The zero-order valence-electron chi connectivity index (χ0n) is 12.0. The van der Waals surface area contributed by atoms with Gasteiger partial charge in [-0.05, 0) is 42.7 Å². The second kappa shape index (κ2) is 8.48. The maximum Gasteiger partial charge on any atom is 0.251 e. The normalized spacial score (nSPS) is 12.9. The van der Waals surface area contributed by atoms with Crippen LogP contribution in [0.1, 0.15) is 13.8 Å². The quantitative estimate of drug-likeness (QED) is 0.560. The molecule has 0 aliphatic rings. The van der Waals surface area contributed by atoms with Crippen molar-refractivity contribution in [2.24, 2.45) is 0 Å². The molecule has 2 nitrogen and oxygen atoms in total. The molecule has 0 saturated carbocycles. The van der Waals surface area contributed by atoms with E-state index in [2.05, 4.69) is 41.0 Å². The van der Waals surface area contributed by atoms with E-state index in [9.17, 15) is 9.18 Å². The lowest BCUT2D eigenvalue weighted by molar-refractivity contribution is -0.116. The Balaban J connectivity index is 5.78. The van der Waals surface area contributed by atoms with Crippen molar-refractivity contribution >= 4 is 21.8 Å². The lowest BCUT2D eigenvalue weighted by atomic mass is 9.96. The molecule has 1 amide bonds. The summed E-state index contributed by atoms with van der Waals surface area (Å²) in [6.07, 6.45) is 4.42. The van der Waals surface area contributed by atoms with E-state index >= 15 is 0 Å².